The lowest BCUT2D eigenvalue weighted by Gasteiger charge is -2.14. The number of nitrogens with zero attached hydrogens (tertiary/aromatic N) is 4. The molecule has 168 valence electrons. The van der Waals surface area contributed by atoms with Gasteiger partial charge in [-0.2, -0.15) is 5.10 Å². The Morgan fingerprint density at radius 3 is 2.88 bits per heavy atom. The fourth-order valence-corrected chi connectivity index (χ4v) is 4.54. The van der Waals surface area contributed by atoms with E-state index >= 15 is 0 Å². The van der Waals surface area contributed by atoms with Crippen molar-refractivity contribution in [2.75, 3.05) is 17.7 Å². The maximum atomic E-state index is 12.8. The largest absolute Gasteiger partial charge is 0.396 e. The molecule has 33 heavy (non-hydrogen) atoms. The number of rotatable bonds is 6. The molecule has 3 heterocycles. The van der Waals surface area contributed by atoms with Gasteiger partial charge in [-0.15, -0.1) is 0 Å². The van der Waals surface area contributed by atoms with Gasteiger partial charge >= 0.3 is 0 Å². The molecule has 2 atom stereocenters. The van der Waals surface area contributed by atoms with Crippen LogP contribution in [0.25, 0.3) is 22.0 Å². The molecule has 8 nitrogen and oxygen atoms in total. The zero-order valence-electron chi connectivity index (χ0n) is 18.0. The first-order valence-corrected chi connectivity index (χ1v) is 11.1. The van der Waals surface area contributed by atoms with Crippen LogP contribution in [0.5, 0.6) is 0 Å². The highest BCUT2D eigenvalue weighted by Crippen LogP contribution is 2.48. The molecule has 0 radical (unpaired) electrons. The van der Waals surface area contributed by atoms with Crippen molar-refractivity contribution < 1.29 is 9.90 Å². The van der Waals surface area contributed by atoms with E-state index in [0.717, 1.165) is 23.1 Å². The predicted octanol–water partition coefficient (Wildman–Crippen LogP) is 3.54. The third-order valence-corrected chi connectivity index (χ3v) is 6.42. The Kier molecular flexibility index (Phi) is 5.47. The summed E-state index contributed by atoms with van der Waals surface area (Å²) in [7, 11) is 1.86. The number of hydrogen-bond donors (Lipinski definition) is 3. The molecular weight excluding hydrogens is 440 g/mol. The number of anilines is 2. The summed E-state index contributed by atoms with van der Waals surface area (Å²) in [5.74, 6) is 0.698. The average molecular weight is 463 g/mol. The molecule has 5 rings (SSSR count). The van der Waals surface area contributed by atoms with Crippen LogP contribution in [0.2, 0.25) is 5.02 Å². The number of benzene rings is 1. The molecule has 1 amide bonds. The molecule has 1 aliphatic carbocycles. The van der Waals surface area contributed by atoms with Crippen LogP contribution < -0.4 is 11.1 Å². The van der Waals surface area contributed by atoms with Crippen molar-refractivity contribution in [2.24, 2.45) is 13.0 Å². The summed E-state index contributed by atoms with van der Waals surface area (Å²) in [5, 5.41) is 18.2. The Labute approximate surface area is 195 Å². The number of halogens is 1. The van der Waals surface area contributed by atoms with Crippen molar-refractivity contribution in [1.29, 1.82) is 0 Å². The second kappa shape index (κ2) is 8.46. The normalized spacial score (nSPS) is 17.3. The van der Waals surface area contributed by atoms with Gasteiger partial charge < -0.3 is 16.2 Å². The highest BCUT2D eigenvalue weighted by Gasteiger charge is 2.44. The number of aryl methyl sites for hydroxylation is 1. The van der Waals surface area contributed by atoms with E-state index in [1.54, 1.807) is 23.1 Å². The number of aliphatic hydroxyl groups is 1. The number of nitrogens with two attached hydrogens (primary N) is 1. The number of hydrogen-bond acceptors (Lipinski definition) is 6. The van der Waals surface area contributed by atoms with Gasteiger partial charge in [0.1, 0.15) is 11.6 Å². The second-order valence-corrected chi connectivity index (χ2v) is 8.67. The van der Waals surface area contributed by atoms with Gasteiger partial charge in [-0.1, -0.05) is 35.9 Å². The summed E-state index contributed by atoms with van der Waals surface area (Å²) in [6, 6.07) is 9.35. The predicted molar refractivity (Wildman–Crippen MR) is 128 cm³/mol. The molecule has 1 saturated carbocycles. The van der Waals surface area contributed by atoms with Gasteiger partial charge in [-0.25, -0.2) is 9.97 Å². The minimum atomic E-state index is -0.106. The van der Waals surface area contributed by atoms with Crippen LogP contribution in [-0.2, 0) is 18.3 Å². The van der Waals surface area contributed by atoms with Gasteiger partial charge in [0.05, 0.1) is 16.9 Å². The van der Waals surface area contributed by atoms with Crippen LogP contribution in [-0.4, -0.2) is 37.4 Å². The Morgan fingerprint density at radius 1 is 1.30 bits per heavy atom. The van der Waals surface area contributed by atoms with Crippen molar-refractivity contribution in [1.82, 2.24) is 19.7 Å². The molecule has 0 aliphatic heterocycles. The van der Waals surface area contributed by atoms with Crippen molar-refractivity contribution >= 4 is 39.9 Å². The molecule has 0 spiro atoms. The Morgan fingerprint density at radius 2 is 2.12 bits per heavy atom. The molecule has 0 saturated heterocycles. The maximum absolute atomic E-state index is 12.8. The Balaban J connectivity index is 1.45. The lowest BCUT2D eigenvalue weighted by atomic mass is 10.00. The van der Waals surface area contributed by atoms with Gasteiger partial charge in [0.25, 0.3) is 0 Å². The summed E-state index contributed by atoms with van der Waals surface area (Å²) in [6.07, 6.45) is 6.59. The van der Waals surface area contributed by atoms with E-state index < -0.39 is 0 Å². The molecule has 0 bridgehead atoms. The fraction of sp³-hybridized carbons (Fsp3) is 0.250. The first kappa shape index (κ1) is 21.4. The number of amides is 1. The number of fused-ring (bicyclic) bond motifs is 1. The molecule has 4 aromatic rings. The molecule has 1 fully saturated rings. The quantitative estimate of drug-likeness (QED) is 0.403. The number of carbonyl (C=O) groups is 1. The maximum Gasteiger partial charge on any atom is 0.229 e. The first-order valence-electron chi connectivity index (χ1n) is 10.7. The van der Waals surface area contributed by atoms with E-state index in [1.807, 2.05) is 37.5 Å². The minimum Gasteiger partial charge on any atom is -0.396 e. The smallest absolute Gasteiger partial charge is 0.229 e. The number of carbonyl (C=O) groups excluding carboxylic acids is 1. The highest BCUT2D eigenvalue weighted by atomic mass is 35.5. The van der Waals surface area contributed by atoms with Crippen LogP contribution in [0.15, 0.2) is 48.9 Å². The van der Waals surface area contributed by atoms with Crippen molar-refractivity contribution in [3.63, 3.8) is 0 Å². The zero-order chi connectivity index (χ0) is 23.1. The highest BCUT2D eigenvalue weighted by molar-refractivity contribution is 6.38. The molecule has 1 aromatic carbocycles. The van der Waals surface area contributed by atoms with Gasteiger partial charge in [-0.05, 0) is 36.0 Å². The number of nitrogen functional groups attached to an aromatic ring is 1. The lowest BCUT2D eigenvalue weighted by molar-refractivity contribution is -0.117. The van der Waals surface area contributed by atoms with E-state index in [9.17, 15) is 9.90 Å². The van der Waals surface area contributed by atoms with Gasteiger partial charge in [0.15, 0.2) is 0 Å². The number of aromatic nitrogens is 4. The summed E-state index contributed by atoms with van der Waals surface area (Å²) in [4.78, 5) is 21.7. The third-order valence-electron chi connectivity index (χ3n) is 6.04. The summed E-state index contributed by atoms with van der Waals surface area (Å²) in [5.41, 5.74) is 9.56. The van der Waals surface area contributed by atoms with Gasteiger partial charge in [-0.3, -0.25) is 9.48 Å². The number of nitrogens with one attached hydrogen (secondary N) is 1. The van der Waals surface area contributed by atoms with E-state index in [0.29, 0.717) is 39.5 Å². The van der Waals surface area contributed by atoms with E-state index in [2.05, 4.69) is 20.4 Å². The molecule has 1 aliphatic rings. The summed E-state index contributed by atoms with van der Waals surface area (Å²) in [6.45, 7) is 0.0129. The Hall–Kier alpha value is -3.49. The number of pyridine rings is 2. The van der Waals surface area contributed by atoms with Crippen LogP contribution in [0.1, 0.15) is 23.5 Å². The van der Waals surface area contributed by atoms with Crippen LogP contribution >= 0.6 is 11.6 Å². The van der Waals surface area contributed by atoms with Gasteiger partial charge in [0.2, 0.25) is 5.91 Å². The van der Waals surface area contributed by atoms with Crippen molar-refractivity contribution in [3.05, 3.63) is 65.1 Å². The fourth-order valence-electron chi connectivity index (χ4n) is 4.24. The SMILES string of the molecule is Cn1cc([C@H]2C[C@@H]2C(=O)Nc2cc3c(Cl)c(-c4ccccc4CCO)nc(N)c3cn2)cn1. The van der Waals surface area contributed by atoms with Gasteiger partial charge in [0, 0.05) is 48.3 Å². The van der Waals surface area contributed by atoms with Crippen LogP contribution in [0.3, 0.4) is 0 Å². The molecular formula is C24H23ClN6O2. The third kappa shape index (κ3) is 4.03. The second-order valence-electron chi connectivity index (χ2n) is 8.29. The van der Waals surface area contributed by atoms with E-state index in [1.165, 1.54) is 0 Å². The van der Waals surface area contributed by atoms with Crippen molar-refractivity contribution in [2.45, 2.75) is 18.8 Å². The summed E-state index contributed by atoms with van der Waals surface area (Å²) >= 11 is 6.78. The number of aliphatic hydroxyl groups excluding tert-OH is 1. The molecule has 9 heteroatoms. The first-order chi connectivity index (χ1) is 16.0. The molecule has 0 unspecified atom stereocenters. The van der Waals surface area contributed by atoms with Crippen LogP contribution in [0.4, 0.5) is 11.6 Å². The van der Waals surface area contributed by atoms with E-state index in [4.69, 9.17) is 17.3 Å². The summed E-state index contributed by atoms with van der Waals surface area (Å²) < 4.78 is 1.74. The monoisotopic (exact) mass is 462 g/mol. The van der Waals surface area contributed by atoms with Crippen LogP contribution in [0, 0.1) is 5.92 Å². The Bertz CT molecular complexity index is 1370. The van der Waals surface area contributed by atoms with E-state index in [-0.39, 0.29) is 24.3 Å². The lowest BCUT2D eigenvalue weighted by Crippen LogP contribution is -2.15. The molecule has 4 N–H and O–H groups in total. The average Bonchev–Trinajstić information content (AvgIpc) is 3.50. The van der Waals surface area contributed by atoms with Crippen molar-refractivity contribution in [3.8, 4) is 11.3 Å². The minimum absolute atomic E-state index is 0.0129. The topological polar surface area (TPSA) is 119 Å². The standard InChI is InChI=1S/C24H23ClN6O2/c1-31-12-14(10-28-31)16-8-18(16)24(33)29-20-9-17-19(11-27-20)23(26)30-22(21(17)25)15-5-3-2-4-13(15)6-7-32/h2-5,9-12,16,18,32H,6-8H2,1H3,(H2,26,30)(H,27,29,33)/t16-,18+/m1/s1. The molecule has 3 aromatic heterocycles. The zero-order valence-corrected chi connectivity index (χ0v) is 18.8.